The van der Waals surface area contributed by atoms with Crippen LogP contribution in [-0.4, -0.2) is 33.8 Å². The molecule has 0 aliphatic carbocycles. The standard InChI is InChI=1S/C21H21NO4/c1-14-7-9-16(10-8-14)11-17-13-19(23)22(20(17)24)18(21(25)26)12-15-5-3-2-4-6-15/h2-10,17-18H,11-13H2,1H3,(H,25,26)/t17-,18+/m0/s1. The molecule has 5 heteroatoms. The number of carbonyl (C=O) groups excluding carboxylic acids is 2. The van der Waals surface area contributed by atoms with Gasteiger partial charge in [-0.05, 0) is 24.5 Å². The molecule has 0 unspecified atom stereocenters. The molecular weight excluding hydrogens is 330 g/mol. The van der Waals surface area contributed by atoms with E-state index in [0.717, 1.165) is 21.6 Å². The molecule has 134 valence electrons. The predicted octanol–water partition coefficient (Wildman–Crippen LogP) is 2.61. The fourth-order valence-electron chi connectivity index (χ4n) is 3.34. The zero-order valence-corrected chi connectivity index (χ0v) is 14.6. The van der Waals surface area contributed by atoms with Crippen LogP contribution in [0.25, 0.3) is 0 Å². The van der Waals surface area contributed by atoms with Crippen LogP contribution in [0.15, 0.2) is 54.6 Å². The lowest BCUT2D eigenvalue weighted by Gasteiger charge is -2.23. The lowest BCUT2D eigenvalue weighted by molar-refractivity contribution is -0.154. The summed E-state index contributed by atoms with van der Waals surface area (Å²) < 4.78 is 0. The summed E-state index contributed by atoms with van der Waals surface area (Å²) in [5.41, 5.74) is 2.87. The maximum absolute atomic E-state index is 12.8. The molecule has 0 aromatic heterocycles. The Bertz CT molecular complexity index is 814. The third kappa shape index (κ3) is 3.82. The largest absolute Gasteiger partial charge is 0.480 e. The second-order valence-corrected chi connectivity index (χ2v) is 6.74. The SMILES string of the molecule is Cc1ccc(C[C@H]2CC(=O)N([C@H](Cc3ccccc3)C(=O)O)C2=O)cc1. The second-order valence-electron chi connectivity index (χ2n) is 6.74. The summed E-state index contributed by atoms with van der Waals surface area (Å²) >= 11 is 0. The van der Waals surface area contributed by atoms with Crippen LogP contribution in [0.2, 0.25) is 0 Å². The number of benzene rings is 2. The number of rotatable bonds is 6. The quantitative estimate of drug-likeness (QED) is 0.812. The van der Waals surface area contributed by atoms with Crippen LogP contribution in [-0.2, 0) is 27.2 Å². The molecule has 5 nitrogen and oxygen atoms in total. The third-order valence-corrected chi connectivity index (χ3v) is 4.75. The maximum atomic E-state index is 12.8. The fraction of sp³-hybridized carbons (Fsp3) is 0.286. The molecule has 2 atom stereocenters. The van der Waals surface area contributed by atoms with Gasteiger partial charge in [-0.3, -0.25) is 14.5 Å². The molecule has 1 aliphatic rings. The van der Waals surface area contributed by atoms with Crippen LogP contribution in [0, 0.1) is 12.8 Å². The third-order valence-electron chi connectivity index (χ3n) is 4.75. The van der Waals surface area contributed by atoms with E-state index in [0.29, 0.717) is 6.42 Å². The van der Waals surface area contributed by atoms with Crippen molar-refractivity contribution in [2.45, 2.75) is 32.2 Å². The average molecular weight is 351 g/mol. The first-order valence-corrected chi connectivity index (χ1v) is 8.64. The summed E-state index contributed by atoms with van der Waals surface area (Å²) in [5, 5.41) is 9.59. The Morgan fingerprint density at radius 1 is 1.08 bits per heavy atom. The molecular formula is C21H21NO4. The van der Waals surface area contributed by atoms with E-state index >= 15 is 0 Å². The number of likely N-dealkylation sites (tertiary alicyclic amines) is 1. The molecule has 0 saturated carbocycles. The molecule has 3 rings (SSSR count). The van der Waals surface area contributed by atoms with Gasteiger partial charge >= 0.3 is 5.97 Å². The van der Waals surface area contributed by atoms with Crippen molar-refractivity contribution in [2.75, 3.05) is 0 Å². The van der Waals surface area contributed by atoms with Gasteiger partial charge in [0.15, 0.2) is 0 Å². The summed E-state index contributed by atoms with van der Waals surface area (Å²) in [6.07, 6.45) is 0.620. The van der Waals surface area contributed by atoms with Crippen molar-refractivity contribution in [3.8, 4) is 0 Å². The summed E-state index contributed by atoms with van der Waals surface area (Å²) in [4.78, 5) is 37.9. The van der Waals surface area contributed by atoms with Crippen LogP contribution in [0.1, 0.15) is 23.1 Å². The summed E-state index contributed by atoms with van der Waals surface area (Å²) in [6.45, 7) is 1.98. The van der Waals surface area contributed by atoms with E-state index in [1.165, 1.54) is 0 Å². The lowest BCUT2D eigenvalue weighted by Crippen LogP contribution is -2.46. The number of nitrogens with zero attached hydrogens (tertiary/aromatic N) is 1. The number of carboxylic acid groups (broad SMARTS) is 1. The van der Waals surface area contributed by atoms with E-state index < -0.39 is 23.8 Å². The van der Waals surface area contributed by atoms with Crippen LogP contribution in [0.5, 0.6) is 0 Å². The van der Waals surface area contributed by atoms with Crippen molar-refractivity contribution in [1.29, 1.82) is 0 Å². The summed E-state index contributed by atoms with van der Waals surface area (Å²) in [6, 6.07) is 15.7. The highest BCUT2D eigenvalue weighted by molar-refractivity contribution is 6.06. The summed E-state index contributed by atoms with van der Waals surface area (Å²) in [5.74, 6) is -2.45. The Kier molecular flexibility index (Phi) is 5.16. The summed E-state index contributed by atoms with van der Waals surface area (Å²) in [7, 11) is 0. The van der Waals surface area contributed by atoms with Gasteiger partial charge in [0.2, 0.25) is 11.8 Å². The number of amides is 2. The van der Waals surface area contributed by atoms with Crippen molar-refractivity contribution in [3.63, 3.8) is 0 Å². The second kappa shape index (κ2) is 7.52. The first kappa shape index (κ1) is 17.9. The van der Waals surface area contributed by atoms with E-state index in [1.54, 1.807) is 12.1 Å². The molecule has 0 spiro atoms. The zero-order valence-electron chi connectivity index (χ0n) is 14.6. The molecule has 1 fully saturated rings. The van der Waals surface area contributed by atoms with Gasteiger partial charge in [0.1, 0.15) is 6.04 Å². The topological polar surface area (TPSA) is 74.7 Å². The zero-order chi connectivity index (χ0) is 18.7. The molecule has 0 radical (unpaired) electrons. The molecule has 1 N–H and O–H groups in total. The Hall–Kier alpha value is -2.95. The Morgan fingerprint density at radius 2 is 1.73 bits per heavy atom. The highest BCUT2D eigenvalue weighted by atomic mass is 16.4. The van der Waals surface area contributed by atoms with E-state index in [1.807, 2.05) is 49.4 Å². The first-order valence-electron chi connectivity index (χ1n) is 8.64. The van der Waals surface area contributed by atoms with Crippen molar-refractivity contribution in [3.05, 3.63) is 71.3 Å². The highest BCUT2D eigenvalue weighted by Crippen LogP contribution is 2.27. The van der Waals surface area contributed by atoms with E-state index in [2.05, 4.69) is 0 Å². The van der Waals surface area contributed by atoms with Gasteiger partial charge in [0, 0.05) is 12.8 Å². The van der Waals surface area contributed by atoms with Gasteiger partial charge in [-0.25, -0.2) is 4.79 Å². The average Bonchev–Trinajstić information content (AvgIpc) is 2.89. The number of hydrogen-bond acceptors (Lipinski definition) is 3. The monoisotopic (exact) mass is 351 g/mol. The Labute approximate surface area is 152 Å². The molecule has 1 aliphatic heterocycles. The molecule has 1 heterocycles. The van der Waals surface area contributed by atoms with Gasteiger partial charge < -0.3 is 5.11 Å². The first-order chi connectivity index (χ1) is 12.5. The van der Waals surface area contributed by atoms with Crippen LogP contribution < -0.4 is 0 Å². The molecule has 2 aromatic carbocycles. The number of carboxylic acids is 1. The van der Waals surface area contributed by atoms with Crippen molar-refractivity contribution in [2.24, 2.45) is 5.92 Å². The smallest absolute Gasteiger partial charge is 0.327 e. The van der Waals surface area contributed by atoms with Crippen LogP contribution in [0.4, 0.5) is 0 Å². The minimum Gasteiger partial charge on any atom is -0.480 e. The van der Waals surface area contributed by atoms with Gasteiger partial charge in [-0.1, -0.05) is 60.2 Å². The van der Waals surface area contributed by atoms with Gasteiger partial charge in [-0.15, -0.1) is 0 Å². The Morgan fingerprint density at radius 3 is 2.35 bits per heavy atom. The number of hydrogen-bond donors (Lipinski definition) is 1. The number of aryl methyl sites for hydroxylation is 1. The number of imide groups is 1. The molecule has 2 amide bonds. The van der Waals surface area contributed by atoms with Crippen molar-refractivity contribution >= 4 is 17.8 Å². The minimum absolute atomic E-state index is 0.0608. The minimum atomic E-state index is -1.17. The van der Waals surface area contributed by atoms with Crippen LogP contribution >= 0.6 is 0 Å². The Balaban J connectivity index is 1.77. The maximum Gasteiger partial charge on any atom is 0.327 e. The van der Waals surface area contributed by atoms with Gasteiger partial charge in [0.25, 0.3) is 0 Å². The van der Waals surface area contributed by atoms with Crippen molar-refractivity contribution in [1.82, 2.24) is 4.90 Å². The predicted molar refractivity (Wildman–Crippen MR) is 96.4 cm³/mol. The van der Waals surface area contributed by atoms with Gasteiger partial charge in [0.05, 0.1) is 5.92 Å². The van der Waals surface area contributed by atoms with Crippen LogP contribution in [0.3, 0.4) is 0 Å². The van der Waals surface area contributed by atoms with Crippen molar-refractivity contribution < 1.29 is 19.5 Å². The fourth-order valence-corrected chi connectivity index (χ4v) is 3.34. The van der Waals surface area contributed by atoms with E-state index in [9.17, 15) is 19.5 Å². The van der Waals surface area contributed by atoms with Gasteiger partial charge in [-0.2, -0.15) is 0 Å². The van der Waals surface area contributed by atoms with E-state index in [4.69, 9.17) is 0 Å². The highest BCUT2D eigenvalue weighted by Gasteiger charge is 2.44. The molecule has 26 heavy (non-hydrogen) atoms. The lowest BCUT2D eigenvalue weighted by atomic mass is 9.97. The molecule has 0 bridgehead atoms. The normalized spacial score (nSPS) is 18.2. The number of aliphatic carboxylic acids is 1. The van der Waals surface area contributed by atoms with E-state index in [-0.39, 0.29) is 18.7 Å². The molecule has 1 saturated heterocycles. The molecule has 2 aromatic rings. The number of carbonyl (C=O) groups is 3.